The maximum absolute atomic E-state index is 6.59. The highest BCUT2D eigenvalue weighted by atomic mass is 32.2. The van der Waals surface area contributed by atoms with Gasteiger partial charge in [-0.3, -0.25) is 0 Å². The zero-order chi connectivity index (χ0) is 14.8. The van der Waals surface area contributed by atoms with Crippen molar-refractivity contribution in [1.82, 2.24) is 0 Å². The minimum absolute atomic E-state index is 1.18. The lowest BCUT2D eigenvalue weighted by molar-refractivity contribution is 0.533. The molecule has 5 heteroatoms. The van der Waals surface area contributed by atoms with Crippen molar-refractivity contribution in [3.8, 4) is 0 Å². The average Bonchev–Trinajstić information content (AvgIpc) is 2.28. The average molecular weight is 335 g/mol. The molecule has 112 valence electrons. The Kier molecular flexibility index (Phi) is 10.6. The Bertz CT molecular complexity index is 249. The summed E-state index contributed by atoms with van der Waals surface area (Å²) < 4.78 is 6.59. The van der Waals surface area contributed by atoms with E-state index < -0.39 is 16.6 Å². The Hall–Kier alpha value is 0.574. The van der Waals surface area contributed by atoms with Crippen molar-refractivity contribution in [2.75, 3.05) is 11.5 Å². The van der Waals surface area contributed by atoms with Crippen molar-refractivity contribution in [3.05, 3.63) is 24.0 Å². The summed E-state index contributed by atoms with van der Waals surface area (Å²) >= 11 is 3.65. The van der Waals surface area contributed by atoms with Gasteiger partial charge >= 0.3 is 0 Å². The zero-order valence-electron chi connectivity index (χ0n) is 13.0. The van der Waals surface area contributed by atoms with Gasteiger partial charge in [0.25, 0.3) is 0 Å². The van der Waals surface area contributed by atoms with E-state index >= 15 is 0 Å². The van der Waals surface area contributed by atoms with Gasteiger partial charge in [0.2, 0.25) is 0 Å². The fourth-order valence-electron chi connectivity index (χ4n) is 2.19. The molecule has 0 fully saturated rings. The molecule has 0 amide bonds. The summed E-state index contributed by atoms with van der Waals surface area (Å²) in [6.07, 6.45) is 2.52. The molecule has 0 N–H and O–H groups in total. The van der Waals surface area contributed by atoms with Crippen molar-refractivity contribution < 1.29 is 4.12 Å². The highest BCUT2D eigenvalue weighted by molar-refractivity contribution is 8.02. The van der Waals surface area contributed by atoms with Crippen LogP contribution in [0.15, 0.2) is 24.0 Å². The van der Waals surface area contributed by atoms with Gasteiger partial charge in [-0.05, 0) is 73.4 Å². The Morgan fingerprint density at radius 2 is 1.32 bits per heavy atom. The molecule has 19 heavy (non-hydrogen) atoms. The maximum atomic E-state index is 6.59. The highest BCUT2D eigenvalue weighted by Crippen LogP contribution is 2.27. The van der Waals surface area contributed by atoms with Crippen molar-refractivity contribution in [3.63, 3.8) is 0 Å². The first-order chi connectivity index (χ1) is 8.83. The fourth-order valence-corrected chi connectivity index (χ4v) is 12.5. The van der Waals surface area contributed by atoms with Crippen LogP contribution in [0.25, 0.3) is 0 Å². The second kappa shape index (κ2) is 10.3. The van der Waals surface area contributed by atoms with E-state index in [9.17, 15) is 0 Å². The van der Waals surface area contributed by atoms with Crippen LogP contribution in [-0.4, -0.2) is 28.1 Å². The van der Waals surface area contributed by atoms with Crippen LogP contribution in [0.1, 0.15) is 12.8 Å². The molecule has 1 nitrogen and oxygen atoms in total. The molecule has 0 heterocycles. The van der Waals surface area contributed by atoms with E-state index in [-0.39, 0.29) is 0 Å². The third kappa shape index (κ3) is 12.1. The third-order valence-corrected chi connectivity index (χ3v) is 11.5. The number of hydrogen-bond donors (Lipinski definition) is 0. The molecule has 0 spiro atoms. The first-order valence-corrected chi connectivity index (χ1v) is 15.3. The monoisotopic (exact) mass is 334 g/mol. The van der Waals surface area contributed by atoms with Crippen LogP contribution in [0.4, 0.5) is 0 Å². The maximum Gasteiger partial charge on any atom is 0.176 e. The molecule has 0 saturated carbocycles. The lowest BCUT2D eigenvalue weighted by Crippen LogP contribution is -2.44. The highest BCUT2D eigenvalue weighted by Gasteiger charge is 2.33. The normalized spacial score (nSPS) is 12.4. The minimum Gasteiger partial charge on any atom is -0.456 e. The number of hydrogen-bond acceptors (Lipinski definition) is 3. The Labute approximate surface area is 130 Å². The standard InChI is InChI=1S/C14H30OS2Si2/c1-7-16-11-9-13-19(6,15-18(3,4)5)14-10-12-17-8-2/h7-8H,1-2,9-14H2,3-6H3. The molecule has 0 aromatic heterocycles. The number of thioether (sulfide) groups is 2. The molecule has 0 atom stereocenters. The van der Waals surface area contributed by atoms with Crippen molar-refractivity contribution in [2.45, 2.75) is 51.1 Å². The molecule has 0 rings (SSSR count). The lowest BCUT2D eigenvalue weighted by Gasteiger charge is -2.35. The Morgan fingerprint density at radius 1 is 0.895 bits per heavy atom. The summed E-state index contributed by atoms with van der Waals surface area (Å²) in [5.74, 6) is 2.37. The molecule has 0 aliphatic heterocycles. The lowest BCUT2D eigenvalue weighted by atomic mass is 10.6. The molecule has 0 aromatic rings. The van der Waals surface area contributed by atoms with Crippen molar-refractivity contribution in [2.24, 2.45) is 0 Å². The summed E-state index contributed by atoms with van der Waals surface area (Å²) in [4.78, 5) is 0. The van der Waals surface area contributed by atoms with Gasteiger partial charge in [-0.25, -0.2) is 0 Å². The molecule has 0 aliphatic carbocycles. The minimum atomic E-state index is -1.52. The second-order valence-corrected chi connectivity index (χ2v) is 17.0. The van der Waals surface area contributed by atoms with Gasteiger partial charge in [-0.15, -0.1) is 23.5 Å². The van der Waals surface area contributed by atoms with Crippen LogP contribution in [0, 0.1) is 0 Å². The van der Waals surface area contributed by atoms with E-state index in [2.05, 4.69) is 39.3 Å². The van der Waals surface area contributed by atoms with Crippen LogP contribution in [0.3, 0.4) is 0 Å². The van der Waals surface area contributed by atoms with Gasteiger partial charge in [-0.1, -0.05) is 13.2 Å². The molecule has 0 aromatic carbocycles. The fraction of sp³-hybridized carbons (Fsp3) is 0.714. The zero-order valence-corrected chi connectivity index (χ0v) is 16.7. The van der Waals surface area contributed by atoms with Gasteiger partial charge < -0.3 is 4.12 Å². The molecular weight excluding hydrogens is 304 g/mol. The van der Waals surface area contributed by atoms with E-state index in [1.54, 1.807) is 0 Å². The smallest absolute Gasteiger partial charge is 0.176 e. The predicted molar refractivity (Wildman–Crippen MR) is 100 cm³/mol. The van der Waals surface area contributed by atoms with Crippen LogP contribution >= 0.6 is 23.5 Å². The van der Waals surface area contributed by atoms with Gasteiger partial charge in [0.05, 0.1) is 0 Å². The summed E-state index contributed by atoms with van der Waals surface area (Å²) in [6.45, 7) is 16.9. The van der Waals surface area contributed by atoms with Crippen LogP contribution in [0.5, 0.6) is 0 Å². The van der Waals surface area contributed by atoms with Crippen LogP contribution < -0.4 is 0 Å². The largest absolute Gasteiger partial charge is 0.456 e. The van der Waals surface area contributed by atoms with Crippen LogP contribution in [0.2, 0.25) is 38.3 Å². The first-order valence-electron chi connectivity index (χ1n) is 6.98. The molecule has 0 radical (unpaired) electrons. The van der Waals surface area contributed by atoms with E-state index in [0.29, 0.717) is 0 Å². The van der Waals surface area contributed by atoms with Gasteiger partial charge in [-0.2, -0.15) is 0 Å². The predicted octanol–water partition coefficient (Wildman–Crippen LogP) is 5.95. The van der Waals surface area contributed by atoms with E-state index in [1.165, 1.54) is 36.4 Å². The van der Waals surface area contributed by atoms with E-state index in [0.717, 1.165) is 0 Å². The van der Waals surface area contributed by atoms with Crippen LogP contribution in [-0.2, 0) is 4.12 Å². The SMILES string of the molecule is C=CSCCC[Si](C)(CCCSC=C)O[Si](C)(C)C. The first kappa shape index (κ1) is 19.6. The third-order valence-electron chi connectivity index (χ3n) is 2.72. The van der Waals surface area contributed by atoms with Gasteiger partial charge in [0.1, 0.15) is 0 Å². The molecule has 0 saturated heterocycles. The topological polar surface area (TPSA) is 9.23 Å². The van der Waals surface area contributed by atoms with E-state index in [4.69, 9.17) is 4.12 Å². The van der Waals surface area contributed by atoms with E-state index in [1.807, 2.05) is 34.3 Å². The Morgan fingerprint density at radius 3 is 1.63 bits per heavy atom. The molecule has 0 aliphatic rings. The molecule has 0 bridgehead atoms. The van der Waals surface area contributed by atoms with Gasteiger partial charge in [0, 0.05) is 0 Å². The number of rotatable bonds is 12. The summed E-state index contributed by atoms with van der Waals surface area (Å²) in [5.41, 5.74) is 0. The second-order valence-electron chi connectivity index (χ2n) is 5.95. The summed E-state index contributed by atoms with van der Waals surface area (Å²) in [7, 11) is -2.94. The quantitative estimate of drug-likeness (QED) is 0.322. The summed E-state index contributed by atoms with van der Waals surface area (Å²) in [5, 5.41) is 3.89. The van der Waals surface area contributed by atoms with Crippen molar-refractivity contribution >= 4 is 40.2 Å². The van der Waals surface area contributed by atoms with Gasteiger partial charge in [0.15, 0.2) is 16.6 Å². The Balaban J connectivity index is 4.26. The molecular formula is C14H30OS2Si2. The molecule has 0 unspecified atom stereocenters. The summed E-state index contributed by atoms with van der Waals surface area (Å²) in [6, 6.07) is 2.58. The van der Waals surface area contributed by atoms with Crippen molar-refractivity contribution in [1.29, 1.82) is 0 Å².